The van der Waals surface area contributed by atoms with E-state index < -0.39 is 0 Å². The second-order valence-corrected chi connectivity index (χ2v) is 5.99. The fourth-order valence-corrected chi connectivity index (χ4v) is 2.45. The lowest BCUT2D eigenvalue weighted by Gasteiger charge is -2.49. The SMILES string of the molecule is CC1(C)C(O)CC1NC(=O)c1cccc(Cl)c1Cl. The molecule has 1 aromatic carbocycles. The molecule has 0 heterocycles. The van der Waals surface area contributed by atoms with E-state index in [1.54, 1.807) is 18.2 Å². The smallest absolute Gasteiger partial charge is 0.253 e. The summed E-state index contributed by atoms with van der Waals surface area (Å²) in [6, 6.07) is 4.91. The van der Waals surface area contributed by atoms with Gasteiger partial charge in [0, 0.05) is 11.5 Å². The lowest BCUT2D eigenvalue weighted by Crippen LogP contribution is -2.61. The van der Waals surface area contributed by atoms with Crippen molar-refractivity contribution in [3.63, 3.8) is 0 Å². The summed E-state index contributed by atoms with van der Waals surface area (Å²) in [5, 5.41) is 13.1. The van der Waals surface area contributed by atoms with Crippen molar-refractivity contribution in [3.05, 3.63) is 33.8 Å². The topological polar surface area (TPSA) is 49.3 Å². The Kier molecular flexibility index (Phi) is 3.58. The van der Waals surface area contributed by atoms with Crippen molar-refractivity contribution in [2.24, 2.45) is 5.41 Å². The van der Waals surface area contributed by atoms with Crippen LogP contribution in [0.1, 0.15) is 30.6 Å². The van der Waals surface area contributed by atoms with Gasteiger partial charge in [-0.05, 0) is 18.6 Å². The molecule has 2 N–H and O–H groups in total. The molecule has 0 bridgehead atoms. The monoisotopic (exact) mass is 287 g/mol. The quantitative estimate of drug-likeness (QED) is 0.879. The van der Waals surface area contributed by atoms with Crippen LogP contribution in [0, 0.1) is 5.41 Å². The summed E-state index contributed by atoms with van der Waals surface area (Å²) in [6.07, 6.45) is 0.189. The molecule has 0 aliphatic heterocycles. The van der Waals surface area contributed by atoms with Crippen molar-refractivity contribution in [3.8, 4) is 0 Å². The minimum atomic E-state index is -0.377. The summed E-state index contributed by atoms with van der Waals surface area (Å²) >= 11 is 11.9. The van der Waals surface area contributed by atoms with E-state index in [4.69, 9.17) is 23.2 Å². The van der Waals surface area contributed by atoms with Crippen LogP contribution in [0.15, 0.2) is 18.2 Å². The average molecular weight is 288 g/mol. The Morgan fingerprint density at radius 3 is 2.67 bits per heavy atom. The molecule has 0 radical (unpaired) electrons. The van der Waals surface area contributed by atoms with Crippen molar-refractivity contribution in [1.82, 2.24) is 5.32 Å². The van der Waals surface area contributed by atoms with Gasteiger partial charge in [-0.2, -0.15) is 0 Å². The van der Waals surface area contributed by atoms with Gasteiger partial charge >= 0.3 is 0 Å². The molecule has 1 aliphatic carbocycles. The summed E-state index contributed by atoms with van der Waals surface area (Å²) in [5.74, 6) is -0.257. The van der Waals surface area contributed by atoms with Gasteiger partial charge in [0.15, 0.2) is 0 Å². The molecule has 0 aromatic heterocycles. The Hall–Kier alpha value is -0.770. The molecule has 1 fully saturated rings. The zero-order valence-corrected chi connectivity index (χ0v) is 11.7. The lowest BCUT2D eigenvalue weighted by atomic mass is 9.64. The molecule has 2 rings (SSSR count). The van der Waals surface area contributed by atoms with Crippen molar-refractivity contribution in [2.75, 3.05) is 0 Å². The number of amides is 1. The molecule has 1 saturated carbocycles. The van der Waals surface area contributed by atoms with E-state index >= 15 is 0 Å². The minimum Gasteiger partial charge on any atom is -0.392 e. The van der Waals surface area contributed by atoms with Crippen molar-refractivity contribution in [2.45, 2.75) is 32.4 Å². The molecular weight excluding hydrogens is 273 g/mol. The number of aliphatic hydroxyl groups excluding tert-OH is 1. The van der Waals surface area contributed by atoms with Crippen LogP contribution >= 0.6 is 23.2 Å². The second kappa shape index (κ2) is 4.72. The maximum absolute atomic E-state index is 12.1. The van der Waals surface area contributed by atoms with E-state index in [0.717, 1.165) is 0 Å². The summed E-state index contributed by atoms with van der Waals surface area (Å²) in [5.41, 5.74) is 0.0575. The lowest BCUT2D eigenvalue weighted by molar-refractivity contribution is -0.0689. The molecule has 1 aliphatic rings. The second-order valence-electron chi connectivity index (χ2n) is 5.20. The van der Waals surface area contributed by atoms with Gasteiger partial charge in [0.25, 0.3) is 5.91 Å². The number of carbonyl (C=O) groups is 1. The number of halogens is 2. The normalized spacial score (nSPS) is 25.4. The first kappa shape index (κ1) is 13.7. The molecule has 1 aromatic rings. The van der Waals surface area contributed by atoms with Gasteiger partial charge in [0.1, 0.15) is 0 Å². The zero-order chi connectivity index (χ0) is 13.5. The summed E-state index contributed by atoms with van der Waals surface area (Å²) in [7, 11) is 0. The van der Waals surface area contributed by atoms with Gasteiger partial charge in [0.2, 0.25) is 0 Å². The average Bonchev–Trinajstić information content (AvgIpc) is 2.32. The summed E-state index contributed by atoms with van der Waals surface area (Å²) in [4.78, 5) is 12.1. The molecule has 18 heavy (non-hydrogen) atoms. The highest BCUT2D eigenvalue weighted by Crippen LogP contribution is 2.40. The maximum atomic E-state index is 12.1. The zero-order valence-electron chi connectivity index (χ0n) is 10.2. The molecule has 2 atom stereocenters. The third-order valence-corrected chi connectivity index (χ3v) is 4.54. The highest BCUT2D eigenvalue weighted by molar-refractivity contribution is 6.43. The van der Waals surface area contributed by atoms with E-state index in [9.17, 15) is 9.90 Å². The largest absolute Gasteiger partial charge is 0.392 e. The number of nitrogens with one attached hydrogen (secondary N) is 1. The number of hydrogen-bond donors (Lipinski definition) is 2. The first-order valence-corrected chi connectivity index (χ1v) is 6.52. The standard InChI is InChI=1S/C13H15Cl2NO2/c1-13(2)9(6-10(13)17)16-12(18)7-4-3-5-8(14)11(7)15/h3-5,9-10,17H,6H2,1-2H3,(H,16,18). The fraction of sp³-hybridized carbons (Fsp3) is 0.462. The first-order valence-electron chi connectivity index (χ1n) is 5.77. The number of benzene rings is 1. The van der Waals surface area contributed by atoms with Crippen LogP contribution in [0.4, 0.5) is 0 Å². The van der Waals surface area contributed by atoms with Crippen LogP contribution in [0.2, 0.25) is 10.0 Å². The van der Waals surface area contributed by atoms with Crippen LogP contribution in [-0.4, -0.2) is 23.2 Å². The molecule has 0 saturated heterocycles. The summed E-state index contributed by atoms with van der Waals surface area (Å²) < 4.78 is 0. The van der Waals surface area contributed by atoms with Gasteiger partial charge < -0.3 is 10.4 Å². The van der Waals surface area contributed by atoms with E-state index in [2.05, 4.69) is 5.32 Å². The Labute approximate surface area is 116 Å². The van der Waals surface area contributed by atoms with E-state index in [1.165, 1.54) is 0 Å². The van der Waals surface area contributed by atoms with Crippen molar-refractivity contribution < 1.29 is 9.90 Å². The molecular formula is C13H15Cl2NO2. The highest BCUT2D eigenvalue weighted by Gasteiger charge is 2.48. The molecule has 5 heteroatoms. The maximum Gasteiger partial charge on any atom is 0.253 e. The Morgan fingerprint density at radius 2 is 2.11 bits per heavy atom. The molecule has 1 amide bonds. The summed E-state index contributed by atoms with van der Waals surface area (Å²) in [6.45, 7) is 3.84. The fourth-order valence-electron chi connectivity index (χ4n) is 2.06. The van der Waals surface area contributed by atoms with Crippen LogP contribution in [-0.2, 0) is 0 Å². The van der Waals surface area contributed by atoms with Gasteiger partial charge in [-0.3, -0.25) is 4.79 Å². The molecule has 3 nitrogen and oxygen atoms in total. The minimum absolute atomic E-state index is 0.0463. The molecule has 2 unspecified atom stereocenters. The Bertz CT molecular complexity index is 488. The number of rotatable bonds is 2. The molecule has 0 spiro atoms. The van der Waals surface area contributed by atoms with Crippen molar-refractivity contribution in [1.29, 1.82) is 0 Å². The Balaban J connectivity index is 2.12. The van der Waals surface area contributed by atoms with E-state index in [-0.39, 0.29) is 28.5 Å². The Morgan fingerprint density at radius 1 is 1.44 bits per heavy atom. The predicted octanol–water partition coefficient (Wildman–Crippen LogP) is 2.88. The van der Waals surface area contributed by atoms with Crippen molar-refractivity contribution >= 4 is 29.1 Å². The number of hydrogen-bond acceptors (Lipinski definition) is 2. The van der Waals surface area contributed by atoms with Crippen LogP contribution in [0.25, 0.3) is 0 Å². The number of carbonyl (C=O) groups excluding carboxylic acids is 1. The van der Waals surface area contributed by atoms with Crippen LogP contribution in [0.3, 0.4) is 0 Å². The number of aliphatic hydroxyl groups is 1. The third kappa shape index (κ3) is 2.22. The highest BCUT2D eigenvalue weighted by atomic mass is 35.5. The van der Waals surface area contributed by atoms with Crippen LogP contribution < -0.4 is 5.32 Å². The molecule has 98 valence electrons. The predicted molar refractivity (Wildman–Crippen MR) is 72.1 cm³/mol. The van der Waals surface area contributed by atoms with E-state index in [0.29, 0.717) is 17.0 Å². The van der Waals surface area contributed by atoms with Gasteiger partial charge in [-0.15, -0.1) is 0 Å². The van der Waals surface area contributed by atoms with E-state index in [1.807, 2.05) is 13.8 Å². The van der Waals surface area contributed by atoms with Gasteiger partial charge in [-0.1, -0.05) is 43.1 Å². The first-order chi connectivity index (χ1) is 8.34. The van der Waals surface area contributed by atoms with Crippen LogP contribution in [0.5, 0.6) is 0 Å². The third-order valence-electron chi connectivity index (χ3n) is 3.72. The van der Waals surface area contributed by atoms with Gasteiger partial charge in [-0.25, -0.2) is 0 Å². The van der Waals surface area contributed by atoms with Gasteiger partial charge in [0.05, 0.1) is 21.7 Å².